The summed E-state index contributed by atoms with van der Waals surface area (Å²) in [6.07, 6.45) is 1.75. The zero-order chi connectivity index (χ0) is 13.3. The molecule has 18 heavy (non-hydrogen) atoms. The van der Waals surface area contributed by atoms with Crippen molar-refractivity contribution >= 4 is 16.8 Å². The van der Waals surface area contributed by atoms with E-state index in [0.717, 1.165) is 11.0 Å². The molecule has 4 nitrogen and oxygen atoms in total. The summed E-state index contributed by atoms with van der Waals surface area (Å²) in [6, 6.07) is 5.64. The minimum Gasteiger partial charge on any atom is -0.334 e. The van der Waals surface area contributed by atoms with Crippen LogP contribution in [0.15, 0.2) is 24.5 Å². The van der Waals surface area contributed by atoms with Crippen molar-refractivity contribution in [3.63, 3.8) is 0 Å². The molecule has 0 fully saturated rings. The molecule has 1 atom stereocenters. The number of Topliss-reactive ketones (excluding diaryl/α,β-unsaturated/α-hetero) is 1. The molecule has 0 aliphatic heterocycles. The minimum atomic E-state index is -0.119. The molecule has 0 spiro atoms. The Morgan fingerprint density at radius 1 is 1.44 bits per heavy atom. The number of ketones is 1. The predicted molar refractivity (Wildman–Crippen MR) is 72.4 cm³/mol. The number of aryl methyl sites for hydroxylation is 1. The average Bonchev–Trinajstić information content (AvgIpc) is 2.71. The van der Waals surface area contributed by atoms with E-state index in [1.807, 2.05) is 43.7 Å². The lowest BCUT2D eigenvalue weighted by atomic mass is 9.88. The first-order chi connectivity index (χ1) is 8.54. The van der Waals surface area contributed by atoms with Crippen LogP contribution in [0.4, 0.5) is 0 Å². The molecular formula is C14H19N3O. The number of rotatable bonds is 4. The van der Waals surface area contributed by atoms with Gasteiger partial charge in [0.05, 0.1) is 17.4 Å². The van der Waals surface area contributed by atoms with Crippen LogP contribution in [0, 0.1) is 11.8 Å². The highest BCUT2D eigenvalue weighted by atomic mass is 16.1. The van der Waals surface area contributed by atoms with Crippen LogP contribution < -0.4 is 5.73 Å². The second kappa shape index (κ2) is 4.90. The molecule has 0 amide bonds. The van der Waals surface area contributed by atoms with Gasteiger partial charge in [-0.3, -0.25) is 4.79 Å². The summed E-state index contributed by atoms with van der Waals surface area (Å²) in [5.41, 5.74) is 8.27. The molecular weight excluding hydrogens is 226 g/mol. The summed E-state index contributed by atoms with van der Waals surface area (Å²) in [6.45, 7) is 4.43. The van der Waals surface area contributed by atoms with Gasteiger partial charge < -0.3 is 10.3 Å². The van der Waals surface area contributed by atoms with Crippen LogP contribution in [0.5, 0.6) is 0 Å². The Hall–Kier alpha value is -1.68. The normalized spacial score (nSPS) is 13.2. The number of hydrogen-bond acceptors (Lipinski definition) is 3. The standard InChI is InChI=1S/C14H19N3O/c1-9(2)11(7-15)14(18)10-4-5-13-12(6-10)16-8-17(13)3/h4-6,8-9,11H,7,15H2,1-3H3. The topological polar surface area (TPSA) is 60.9 Å². The van der Waals surface area contributed by atoms with Crippen molar-refractivity contribution < 1.29 is 4.79 Å². The van der Waals surface area contributed by atoms with Crippen LogP contribution in [-0.2, 0) is 7.05 Å². The fourth-order valence-corrected chi connectivity index (χ4v) is 2.19. The summed E-state index contributed by atoms with van der Waals surface area (Å²) in [5.74, 6) is 0.244. The van der Waals surface area contributed by atoms with Gasteiger partial charge in [0.25, 0.3) is 0 Å². The van der Waals surface area contributed by atoms with Crippen LogP contribution in [0.25, 0.3) is 11.0 Å². The van der Waals surface area contributed by atoms with Gasteiger partial charge in [-0.1, -0.05) is 13.8 Å². The highest BCUT2D eigenvalue weighted by Gasteiger charge is 2.22. The van der Waals surface area contributed by atoms with Crippen LogP contribution in [-0.4, -0.2) is 21.9 Å². The molecule has 96 valence electrons. The van der Waals surface area contributed by atoms with Gasteiger partial charge in [0.2, 0.25) is 0 Å². The van der Waals surface area contributed by atoms with Crippen LogP contribution in [0.1, 0.15) is 24.2 Å². The van der Waals surface area contributed by atoms with Crippen molar-refractivity contribution in [2.75, 3.05) is 6.54 Å². The molecule has 2 aromatic rings. The summed E-state index contributed by atoms with van der Waals surface area (Å²) in [7, 11) is 1.94. The summed E-state index contributed by atoms with van der Waals surface area (Å²) in [4.78, 5) is 16.6. The van der Waals surface area contributed by atoms with Crippen molar-refractivity contribution in [3.8, 4) is 0 Å². The lowest BCUT2D eigenvalue weighted by Gasteiger charge is -2.17. The fourth-order valence-electron chi connectivity index (χ4n) is 2.19. The lowest BCUT2D eigenvalue weighted by Crippen LogP contribution is -2.28. The van der Waals surface area contributed by atoms with Gasteiger partial charge in [0.15, 0.2) is 5.78 Å². The maximum absolute atomic E-state index is 12.4. The van der Waals surface area contributed by atoms with Gasteiger partial charge in [-0.15, -0.1) is 0 Å². The first-order valence-corrected chi connectivity index (χ1v) is 6.20. The quantitative estimate of drug-likeness (QED) is 0.838. The van der Waals surface area contributed by atoms with Gasteiger partial charge in [0, 0.05) is 25.1 Å². The molecule has 0 saturated carbocycles. The minimum absolute atomic E-state index is 0.111. The lowest BCUT2D eigenvalue weighted by molar-refractivity contribution is 0.0892. The Bertz CT molecular complexity index is 571. The Kier molecular flexibility index (Phi) is 3.48. The smallest absolute Gasteiger partial charge is 0.167 e. The maximum Gasteiger partial charge on any atom is 0.167 e. The first-order valence-electron chi connectivity index (χ1n) is 6.20. The van der Waals surface area contributed by atoms with E-state index >= 15 is 0 Å². The third-order valence-electron chi connectivity index (χ3n) is 3.41. The maximum atomic E-state index is 12.4. The Morgan fingerprint density at radius 2 is 2.17 bits per heavy atom. The number of aromatic nitrogens is 2. The Labute approximate surface area is 107 Å². The SMILES string of the molecule is CC(C)C(CN)C(=O)c1ccc2c(c1)ncn2C. The van der Waals surface area contributed by atoms with E-state index in [1.54, 1.807) is 6.33 Å². The molecule has 1 heterocycles. The molecule has 2 N–H and O–H groups in total. The number of carbonyl (C=O) groups excluding carboxylic acids is 1. The largest absolute Gasteiger partial charge is 0.334 e. The van der Waals surface area contributed by atoms with Crippen molar-refractivity contribution in [1.82, 2.24) is 9.55 Å². The van der Waals surface area contributed by atoms with Gasteiger partial charge in [-0.2, -0.15) is 0 Å². The number of nitrogens with zero attached hydrogens (tertiary/aromatic N) is 2. The molecule has 1 unspecified atom stereocenters. The molecule has 0 saturated heterocycles. The highest BCUT2D eigenvalue weighted by molar-refractivity contribution is 6.00. The van der Waals surface area contributed by atoms with Crippen LogP contribution in [0.3, 0.4) is 0 Å². The summed E-state index contributed by atoms with van der Waals surface area (Å²) < 4.78 is 1.94. The molecule has 4 heteroatoms. The monoisotopic (exact) mass is 245 g/mol. The van der Waals surface area contributed by atoms with Crippen LogP contribution >= 0.6 is 0 Å². The van der Waals surface area contributed by atoms with E-state index in [1.165, 1.54) is 0 Å². The van der Waals surface area contributed by atoms with E-state index in [0.29, 0.717) is 12.1 Å². The zero-order valence-corrected chi connectivity index (χ0v) is 11.1. The molecule has 2 rings (SSSR count). The second-order valence-corrected chi connectivity index (χ2v) is 5.01. The van der Waals surface area contributed by atoms with Crippen molar-refractivity contribution in [3.05, 3.63) is 30.1 Å². The number of nitrogens with two attached hydrogens (primary N) is 1. The zero-order valence-electron chi connectivity index (χ0n) is 11.1. The van der Waals surface area contributed by atoms with Crippen molar-refractivity contribution in [2.24, 2.45) is 24.6 Å². The Morgan fingerprint density at radius 3 is 2.78 bits per heavy atom. The average molecular weight is 245 g/mol. The number of fused-ring (bicyclic) bond motifs is 1. The Balaban J connectivity index is 2.38. The molecule has 1 aromatic heterocycles. The third kappa shape index (κ3) is 2.16. The van der Waals surface area contributed by atoms with Gasteiger partial charge >= 0.3 is 0 Å². The summed E-state index contributed by atoms with van der Waals surface area (Å²) in [5, 5.41) is 0. The molecule has 0 radical (unpaired) electrons. The molecule has 1 aromatic carbocycles. The number of hydrogen-bond donors (Lipinski definition) is 1. The summed E-state index contributed by atoms with van der Waals surface area (Å²) >= 11 is 0. The van der Waals surface area contributed by atoms with Crippen molar-refractivity contribution in [2.45, 2.75) is 13.8 Å². The number of imidazole rings is 1. The van der Waals surface area contributed by atoms with E-state index in [2.05, 4.69) is 4.98 Å². The first kappa shape index (κ1) is 12.8. The third-order valence-corrected chi connectivity index (χ3v) is 3.41. The number of benzene rings is 1. The van der Waals surface area contributed by atoms with Gasteiger partial charge in [-0.25, -0.2) is 4.98 Å². The molecule has 0 bridgehead atoms. The van der Waals surface area contributed by atoms with E-state index in [4.69, 9.17) is 5.73 Å². The van der Waals surface area contributed by atoms with E-state index in [9.17, 15) is 4.79 Å². The second-order valence-electron chi connectivity index (χ2n) is 5.01. The fraction of sp³-hybridized carbons (Fsp3) is 0.429. The predicted octanol–water partition coefficient (Wildman–Crippen LogP) is 1.99. The highest BCUT2D eigenvalue weighted by Crippen LogP contribution is 2.20. The van der Waals surface area contributed by atoms with Gasteiger partial charge in [-0.05, 0) is 24.1 Å². The molecule has 0 aliphatic carbocycles. The van der Waals surface area contributed by atoms with E-state index in [-0.39, 0.29) is 17.6 Å². The van der Waals surface area contributed by atoms with Crippen molar-refractivity contribution in [1.29, 1.82) is 0 Å². The van der Waals surface area contributed by atoms with E-state index < -0.39 is 0 Å². The van der Waals surface area contributed by atoms with Gasteiger partial charge in [0.1, 0.15) is 0 Å². The number of carbonyl (C=O) groups is 1. The van der Waals surface area contributed by atoms with Crippen LogP contribution in [0.2, 0.25) is 0 Å². The molecule has 0 aliphatic rings.